The van der Waals surface area contributed by atoms with E-state index in [-0.39, 0.29) is 6.04 Å². The molecule has 1 heterocycles. The van der Waals surface area contributed by atoms with E-state index in [1.165, 1.54) is 5.56 Å². The van der Waals surface area contributed by atoms with Crippen LogP contribution in [0.3, 0.4) is 0 Å². The molecule has 1 aromatic carbocycles. The highest BCUT2D eigenvalue weighted by molar-refractivity contribution is 5.52. The lowest BCUT2D eigenvalue weighted by Gasteiger charge is -2.09. The number of fused-ring (bicyclic) bond motifs is 1. The van der Waals surface area contributed by atoms with E-state index in [4.69, 9.17) is 10.5 Å². The first-order valence-electron chi connectivity index (χ1n) is 5.01. The summed E-state index contributed by atoms with van der Waals surface area (Å²) >= 11 is 0. The molecule has 0 bridgehead atoms. The Hall–Kier alpha value is -1.22. The van der Waals surface area contributed by atoms with Gasteiger partial charge in [0.25, 0.3) is 0 Å². The second kappa shape index (κ2) is 3.88. The van der Waals surface area contributed by atoms with Crippen LogP contribution in [-0.4, -0.2) is 19.2 Å². The molecule has 0 fully saturated rings. The summed E-state index contributed by atoms with van der Waals surface area (Å²) in [6, 6.07) is 6.38. The average molecular weight is 192 g/mol. The molecule has 0 aromatic heterocycles. The molecule has 1 unspecified atom stereocenters. The number of ether oxygens (including phenoxy) is 1. The van der Waals surface area contributed by atoms with Gasteiger partial charge in [-0.2, -0.15) is 0 Å². The van der Waals surface area contributed by atoms with Gasteiger partial charge in [-0.05, 0) is 30.7 Å². The van der Waals surface area contributed by atoms with Crippen molar-refractivity contribution < 1.29 is 4.74 Å². The Morgan fingerprint density at radius 2 is 2.43 bits per heavy atom. The second-order valence-corrected chi connectivity index (χ2v) is 3.78. The van der Waals surface area contributed by atoms with Gasteiger partial charge >= 0.3 is 0 Å². The van der Waals surface area contributed by atoms with E-state index in [2.05, 4.69) is 11.4 Å². The van der Waals surface area contributed by atoms with Gasteiger partial charge in [-0.1, -0.05) is 0 Å². The van der Waals surface area contributed by atoms with Crippen molar-refractivity contribution in [2.75, 3.05) is 18.5 Å². The lowest BCUT2D eigenvalue weighted by atomic mass is 10.1. The fourth-order valence-electron chi connectivity index (χ4n) is 1.58. The molecular weight excluding hydrogens is 176 g/mol. The standard InChI is InChI=1S/C11H16N2O/c1-8(12)7-13-10-2-3-11-9(6-10)4-5-14-11/h2-3,6,8,13H,4-5,7,12H2,1H3. The molecule has 3 nitrogen and oxygen atoms in total. The van der Waals surface area contributed by atoms with Crippen molar-refractivity contribution in [2.24, 2.45) is 5.73 Å². The van der Waals surface area contributed by atoms with E-state index in [0.29, 0.717) is 0 Å². The van der Waals surface area contributed by atoms with Gasteiger partial charge in [0.15, 0.2) is 0 Å². The van der Waals surface area contributed by atoms with E-state index in [0.717, 1.165) is 31.0 Å². The number of hydrogen-bond donors (Lipinski definition) is 2. The molecule has 1 aliphatic rings. The molecule has 0 amide bonds. The van der Waals surface area contributed by atoms with Crippen LogP contribution in [0.1, 0.15) is 12.5 Å². The maximum Gasteiger partial charge on any atom is 0.122 e. The average Bonchev–Trinajstić information content (AvgIpc) is 2.61. The van der Waals surface area contributed by atoms with Crippen LogP contribution < -0.4 is 15.8 Å². The maximum atomic E-state index is 5.67. The summed E-state index contributed by atoms with van der Waals surface area (Å²) in [5.74, 6) is 1.02. The fraction of sp³-hybridized carbons (Fsp3) is 0.455. The predicted octanol–water partition coefficient (Wildman–Crippen LogP) is 1.38. The largest absolute Gasteiger partial charge is 0.493 e. The molecule has 1 aromatic rings. The van der Waals surface area contributed by atoms with E-state index < -0.39 is 0 Å². The highest BCUT2D eigenvalue weighted by Crippen LogP contribution is 2.27. The van der Waals surface area contributed by atoms with Crippen molar-refractivity contribution in [1.82, 2.24) is 0 Å². The molecule has 0 spiro atoms. The summed E-state index contributed by atoms with van der Waals surface area (Å²) in [5, 5.41) is 3.29. The van der Waals surface area contributed by atoms with Gasteiger partial charge in [0.2, 0.25) is 0 Å². The third-order valence-electron chi connectivity index (χ3n) is 2.32. The van der Waals surface area contributed by atoms with Crippen LogP contribution in [0, 0.1) is 0 Å². The van der Waals surface area contributed by atoms with Crippen molar-refractivity contribution in [1.29, 1.82) is 0 Å². The first-order valence-corrected chi connectivity index (χ1v) is 5.01. The minimum absolute atomic E-state index is 0.180. The van der Waals surface area contributed by atoms with E-state index in [1.54, 1.807) is 0 Å². The third kappa shape index (κ3) is 1.99. The monoisotopic (exact) mass is 192 g/mol. The Bertz CT molecular complexity index is 323. The van der Waals surface area contributed by atoms with Crippen LogP contribution in [0.4, 0.5) is 5.69 Å². The summed E-state index contributed by atoms with van der Waals surface area (Å²) in [4.78, 5) is 0. The van der Waals surface area contributed by atoms with Gasteiger partial charge in [-0.3, -0.25) is 0 Å². The van der Waals surface area contributed by atoms with Gasteiger partial charge in [0, 0.05) is 24.7 Å². The Labute approximate surface area is 84.3 Å². The van der Waals surface area contributed by atoms with E-state index >= 15 is 0 Å². The summed E-state index contributed by atoms with van der Waals surface area (Å²) < 4.78 is 5.43. The van der Waals surface area contributed by atoms with Crippen molar-refractivity contribution in [3.05, 3.63) is 23.8 Å². The van der Waals surface area contributed by atoms with Crippen molar-refractivity contribution >= 4 is 5.69 Å². The van der Waals surface area contributed by atoms with Gasteiger partial charge in [0.1, 0.15) is 5.75 Å². The molecule has 0 aliphatic carbocycles. The Kier molecular flexibility index (Phi) is 2.59. The van der Waals surface area contributed by atoms with Gasteiger partial charge in [-0.25, -0.2) is 0 Å². The highest BCUT2D eigenvalue weighted by Gasteiger charge is 2.11. The number of nitrogens with two attached hydrogens (primary N) is 1. The van der Waals surface area contributed by atoms with Crippen LogP contribution in [0.25, 0.3) is 0 Å². The summed E-state index contributed by atoms with van der Waals surface area (Å²) in [6.07, 6.45) is 1.02. The van der Waals surface area contributed by atoms with Crippen LogP contribution in [0.5, 0.6) is 5.75 Å². The molecule has 1 atom stereocenters. The molecule has 76 valence electrons. The first-order chi connectivity index (χ1) is 6.75. The SMILES string of the molecule is CC(N)CNc1ccc2c(c1)CCO2. The molecule has 0 radical (unpaired) electrons. The number of rotatable bonds is 3. The van der Waals surface area contributed by atoms with Crippen molar-refractivity contribution in [3.8, 4) is 5.75 Å². The molecule has 3 N–H and O–H groups in total. The zero-order valence-corrected chi connectivity index (χ0v) is 8.42. The molecule has 1 aliphatic heterocycles. The lowest BCUT2D eigenvalue weighted by molar-refractivity contribution is 0.357. The summed E-state index contributed by atoms with van der Waals surface area (Å²) in [5.41, 5.74) is 8.09. The molecule has 0 saturated carbocycles. The zero-order valence-electron chi connectivity index (χ0n) is 8.42. The van der Waals surface area contributed by atoms with Crippen molar-refractivity contribution in [2.45, 2.75) is 19.4 Å². The maximum absolute atomic E-state index is 5.67. The van der Waals surface area contributed by atoms with E-state index in [9.17, 15) is 0 Å². The number of hydrogen-bond acceptors (Lipinski definition) is 3. The summed E-state index contributed by atoms with van der Waals surface area (Å²) in [6.45, 7) is 3.61. The quantitative estimate of drug-likeness (QED) is 0.760. The second-order valence-electron chi connectivity index (χ2n) is 3.78. The third-order valence-corrected chi connectivity index (χ3v) is 2.32. The first kappa shape index (κ1) is 9.34. The van der Waals surface area contributed by atoms with Crippen LogP contribution in [0.15, 0.2) is 18.2 Å². The number of benzene rings is 1. The topological polar surface area (TPSA) is 47.3 Å². The summed E-state index contributed by atoms with van der Waals surface area (Å²) in [7, 11) is 0. The highest BCUT2D eigenvalue weighted by atomic mass is 16.5. The van der Waals surface area contributed by atoms with Crippen molar-refractivity contribution in [3.63, 3.8) is 0 Å². The molecule has 2 rings (SSSR count). The zero-order chi connectivity index (χ0) is 9.97. The molecule has 0 saturated heterocycles. The Morgan fingerprint density at radius 3 is 3.21 bits per heavy atom. The molecule has 14 heavy (non-hydrogen) atoms. The van der Waals surface area contributed by atoms with Crippen LogP contribution in [0.2, 0.25) is 0 Å². The smallest absolute Gasteiger partial charge is 0.122 e. The van der Waals surface area contributed by atoms with Crippen LogP contribution in [-0.2, 0) is 6.42 Å². The lowest BCUT2D eigenvalue weighted by Crippen LogP contribution is -2.25. The van der Waals surface area contributed by atoms with Gasteiger partial charge in [0.05, 0.1) is 6.61 Å². The molecular formula is C11H16N2O. The van der Waals surface area contributed by atoms with Gasteiger partial charge in [-0.15, -0.1) is 0 Å². The fourth-order valence-corrected chi connectivity index (χ4v) is 1.58. The van der Waals surface area contributed by atoms with E-state index in [1.807, 2.05) is 19.1 Å². The van der Waals surface area contributed by atoms with Crippen LogP contribution >= 0.6 is 0 Å². The Balaban J connectivity index is 2.05. The minimum atomic E-state index is 0.180. The van der Waals surface area contributed by atoms with Gasteiger partial charge < -0.3 is 15.8 Å². The predicted molar refractivity (Wildman–Crippen MR) is 57.8 cm³/mol. The molecule has 3 heteroatoms. The minimum Gasteiger partial charge on any atom is -0.493 e. The normalized spacial score (nSPS) is 15.9. The Morgan fingerprint density at radius 1 is 1.57 bits per heavy atom. The number of anilines is 1. The number of nitrogens with one attached hydrogen (secondary N) is 1.